The topological polar surface area (TPSA) is 25.2 Å². The van der Waals surface area contributed by atoms with Crippen LogP contribution in [-0.2, 0) is 25.7 Å². The summed E-state index contributed by atoms with van der Waals surface area (Å²) in [6, 6.07) is 11.7. The molecule has 0 radical (unpaired) electrons. The highest BCUT2D eigenvalue weighted by Gasteiger charge is 2.14. The highest BCUT2D eigenvalue weighted by molar-refractivity contribution is 5.35. The van der Waals surface area contributed by atoms with Crippen LogP contribution in [0.4, 0.5) is 0 Å². The van der Waals surface area contributed by atoms with Crippen molar-refractivity contribution in [2.45, 2.75) is 51.5 Å². The summed E-state index contributed by atoms with van der Waals surface area (Å²) in [6.45, 7) is 3.20. The summed E-state index contributed by atoms with van der Waals surface area (Å²) >= 11 is 0. The molecule has 2 nitrogen and oxygen atoms in total. The first-order chi connectivity index (χ1) is 10.3. The van der Waals surface area contributed by atoms with E-state index in [2.05, 4.69) is 36.5 Å². The van der Waals surface area contributed by atoms with Gasteiger partial charge in [0.2, 0.25) is 0 Å². The van der Waals surface area contributed by atoms with E-state index in [-0.39, 0.29) is 0 Å². The SMILES string of the molecule is CCNC(CCc1ccco1)Cc1ccc2c(c1)CCC2. The van der Waals surface area contributed by atoms with Crippen molar-refractivity contribution in [3.8, 4) is 0 Å². The minimum absolute atomic E-state index is 0.527. The lowest BCUT2D eigenvalue weighted by molar-refractivity contribution is 0.447. The summed E-state index contributed by atoms with van der Waals surface area (Å²) in [5, 5.41) is 3.62. The fourth-order valence-electron chi connectivity index (χ4n) is 3.37. The molecule has 112 valence electrons. The summed E-state index contributed by atoms with van der Waals surface area (Å²) in [6.07, 6.45) is 8.87. The minimum atomic E-state index is 0.527. The molecule has 0 amide bonds. The lowest BCUT2D eigenvalue weighted by Crippen LogP contribution is -2.31. The third-order valence-electron chi connectivity index (χ3n) is 4.46. The molecule has 1 aliphatic carbocycles. The third kappa shape index (κ3) is 3.76. The Morgan fingerprint density at radius 2 is 2.10 bits per heavy atom. The predicted octanol–water partition coefficient (Wildman–Crippen LogP) is 3.92. The van der Waals surface area contributed by atoms with Crippen LogP contribution in [0.3, 0.4) is 0 Å². The van der Waals surface area contributed by atoms with Crippen molar-refractivity contribution >= 4 is 0 Å². The lowest BCUT2D eigenvalue weighted by Gasteiger charge is -2.18. The average molecular weight is 283 g/mol. The maximum Gasteiger partial charge on any atom is 0.103 e. The van der Waals surface area contributed by atoms with Gasteiger partial charge in [0.05, 0.1) is 6.26 Å². The lowest BCUT2D eigenvalue weighted by atomic mass is 9.98. The van der Waals surface area contributed by atoms with Crippen LogP contribution in [0.5, 0.6) is 0 Å². The number of aryl methyl sites for hydroxylation is 3. The molecule has 1 heterocycles. The van der Waals surface area contributed by atoms with E-state index in [0.29, 0.717) is 6.04 Å². The van der Waals surface area contributed by atoms with Gasteiger partial charge >= 0.3 is 0 Å². The molecule has 1 aromatic heterocycles. The van der Waals surface area contributed by atoms with Gasteiger partial charge in [0.25, 0.3) is 0 Å². The van der Waals surface area contributed by atoms with Crippen LogP contribution in [-0.4, -0.2) is 12.6 Å². The maximum atomic E-state index is 5.44. The number of rotatable bonds is 7. The van der Waals surface area contributed by atoms with Gasteiger partial charge in [0.1, 0.15) is 5.76 Å². The van der Waals surface area contributed by atoms with E-state index in [1.54, 1.807) is 17.4 Å². The standard InChI is InChI=1S/C19H25NO/c1-2-20-18(10-11-19-7-4-12-21-19)14-15-8-9-16-5-3-6-17(16)13-15/h4,7-9,12-13,18,20H,2-3,5-6,10-11,14H2,1H3. The molecular formula is C19H25NO. The minimum Gasteiger partial charge on any atom is -0.469 e. The number of likely N-dealkylation sites (N-methyl/N-ethyl adjacent to an activating group) is 1. The van der Waals surface area contributed by atoms with Crippen molar-refractivity contribution in [3.63, 3.8) is 0 Å². The second-order valence-electron chi connectivity index (χ2n) is 6.03. The van der Waals surface area contributed by atoms with E-state index in [1.165, 1.54) is 24.8 Å². The molecule has 1 aromatic carbocycles. The molecular weight excluding hydrogens is 258 g/mol. The zero-order chi connectivity index (χ0) is 14.5. The van der Waals surface area contributed by atoms with Crippen LogP contribution >= 0.6 is 0 Å². The first-order valence-corrected chi connectivity index (χ1v) is 8.21. The normalized spacial score (nSPS) is 15.1. The molecule has 1 unspecified atom stereocenters. The summed E-state index contributed by atoms with van der Waals surface area (Å²) in [5.41, 5.74) is 4.61. The molecule has 3 rings (SSSR count). The average Bonchev–Trinajstić information content (AvgIpc) is 3.16. The van der Waals surface area contributed by atoms with Crippen molar-refractivity contribution in [1.29, 1.82) is 0 Å². The van der Waals surface area contributed by atoms with Crippen molar-refractivity contribution < 1.29 is 4.42 Å². The van der Waals surface area contributed by atoms with Gasteiger partial charge in [-0.2, -0.15) is 0 Å². The zero-order valence-electron chi connectivity index (χ0n) is 12.9. The molecule has 2 aromatic rings. The van der Waals surface area contributed by atoms with Crippen molar-refractivity contribution in [3.05, 3.63) is 59.0 Å². The first kappa shape index (κ1) is 14.4. The molecule has 1 N–H and O–H groups in total. The van der Waals surface area contributed by atoms with Gasteiger partial charge in [-0.3, -0.25) is 0 Å². The van der Waals surface area contributed by atoms with E-state index in [4.69, 9.17) is 4.42 Å². The first-order valence-electron chi connectivity index (χ1n) is 8.21. The van der Waals surface area contributed by atoms with Crippen LogP contribution in [0.15, 0.2) is 41.0 Å². The Morgan fingerprint density at radius 3 is 2.90 bits per heavy atom. The van der Waals surface area contributed by atoms with Crippen molar-refractivity contribution in [2.24, 2.45) is 0 Å². The van der Waals surface area contributed by atoms with Crippen LogP contribution in [0.25, 0.3) is 0 Å². The Morgan fingerprint density at radius 1 is 1.19 bits per heavy atom. The number of furan rings is 1. The van der Waals surface area contributed by atoms with Crippen LogP contribution < -0.4 is 5.32 Å². The quantitative estimate of drug-likeness (QED) is 0.833. The van der Waals surface area contributed by atoms with Gasteiger partial charge in [-0.1, -0.05) is 25.1 Å². The van der Waals surface area contributed by atoms with E-state index in [9.17, 15) is 0 Å². The second kappa shape index (κ2) is 6.95. The second-order valence-corrected chi connectivity index (χ2v) is 6.03. The van der Waals surface area contributed by atoms with Crippen molar-refractivity contribution in [1.82, 2.24) is 5.32 Å². The number of benzene rings is 1. The Kier molecular flexibility index (Phi) is 4.76. The molecule has 0 saturated heterocycles. The van der Waals surface area contributed by atoms with Gasteiger partial charge in [0.15, 0.2) is 0 Å². The molecule has 0 fully saturated rings. The van der Waals surface area contributed by atoms with Gasteiger partial charge in [-0.15, -0.1) is 0 Å². The molecule has 1 aliphatic rings. The van der Waals surface area contributed by atoms with Crippen LogP contribution in [0.1, 0.15) is 42.2 Å². The molecule has 0 spiro atoms. The van der Waals surface area contributed by atoms with E-state index < -0.39 is 0 Å². The number of nitrogens with one attached hydrogen (secondary N) is 1. The molecule has 1 atom stereocenters. The predicted molar refractivity (Wildman–Crippen MR) is 86.7 cm³/mol. The summed E-state index contributed by atoms with van der Waals surface area (Å²) in [5.74, 6) is 1.09. The highest BCUT2D eigenvalue weighted by Crippen LogP contribution is 2.23. The van der Waals surface area contributed by atoms with Gasteiger partial charge in [-0.05, 0) is 67.5 Å². The number of fused-ring (bicyclic) bond motifs is 1. The van der Waals surface area contributed by atoms with Crippen LogP contribution in [0.2, 0.25) is 0 Å². The van der Waals surface area contributed by atoms with E-state index in [0.717, 1.165) is 31.6 Å². The molecule has 0 aliphatic heterocycles. The number of hydrogen-bond donors (Lipinski definition) is 1. The smallest absolute Gasteiger partial charge is 0.103 e. The van der Waals surface area contributed by atoms with Crippen molar-refractivity contribution in [2.75, 3.05) is 6.54 Å². The largest absolute Gasteiger partial charge is 0.469 e. The molecule has 21 heavy (non-hydrogen) atoms. The Bertz CT molecular complexity index is 559. The summed E-state index contributed by atoms with van der Waals surface area (Å²) in [7, 11) is 0. The molecule has 0 saturated carbocycles. The highest BCUT2D eigenvalue weighted by atomic mass is 16.3. The molecule has 2 heteroatoms. The monoisotopic (exact) mass is 283 g/mol. The Balaban J connectivity index is 1.61. The fourth-order valence-corrected chi connectivity index (χ4v) is 3.37. The molecule has 0 bridgehead atoms. The van der Waals surface area contributed by atoms with Crippen LogP contribution in [0, 0.1) is 0 Å². The fraction of sp³-hybridized carbons (Fsp3) is 0.474. The third-order valence-corrected chi connectivity index (χ3v) is 4.46. The van der Waals surface area contributed by atoms with E-state index >= 15 is 0 Å². The Hall–Kier alpha value is -1.54. The summed E-state index contributed by atoms with van der Waals surface area (Å²) in [4.78, 5) is 0. The van der Waals surface area contributed by atoms with E-state index in [1.807, 2.05) is 6.07 Å². The van der Waals surface area contributed by atoms with Gasteiger partial charge in [-0.25, -0.2) is 0 Å². The number of hydrogen-bond acceptors (Lipinski definition) is 2. The Labute approximate surface area is 127 Å². The van der Waals surface area contributed by atoms with Gasteiger partial charge < -0.3 is 9.73 Å². The maximum absolute atomic E-state index is 5.44. The summed E-state index contributed by atoms with van der Waals surface area (Å²) < 4.78 is 5.44. The zero-order valence-corrected chi connectivity index (χ0v) is 12.9. The van der Waals surface area contributed by atoms with Gasteiger partial charge in [0, 0.05) is 12.5 Å².